The summed E-state index contributed by atoms with van der Waals surface area (Å²) in [7, 11) is 1.64. The van der Waals surface area contributed by atoms with Gasteiger partial charge in [0, 0.05) is 38.9 Å². The van der Waals surface area contributed by atoms with E-state index in [-0.39, 0.29) is 54.4 Å². The maximum atomic E-state index is 14.6. The smallest absolute Gasteiger partial charge is 0.298 e. The molecule has 0 aromatic carbocycles. The van der Waals surface area contributed by atoms with Gasteiger partial charge in [0.15, 0.2) is 11.5 Å². The Hall–Kier alpha value is -2.56. The molecule has 33 heavy (non-hydrogen) atoms. The minimum absolute atomic E-state index is 0.0601. The summed E-state index contributed by atoms with van der Waals surface area (Å²) in [5.41, 5.74) is 0.630. The lowest BCUT2D eigenvalue weighted by atomic mass is 9.91. The predicted molar refractivity (Wildman–Crippen MR) is 113 cm³/mol. The van der Waals surface area contributed by atoms with Crippen molar-refractivity contribution in [3.63, 3.8) is 0 Å². The molecular formula is C22H29F3N4O4. The van der Waals surface area contributed by atoms with Crippen molar-refractivity contribution in [2.75, 3.05) is 6.61 Å². The van der Waals surface area contributed by atoms with Crippen LogP contribution < -0.4 is 14.8 Å². The first-order valence-electron chi connectivity index (χ1n) is 11.2. The van der Waals surface area contributed by atoms with Gasteiger partial charge in [-0.3, -0.25) is 9.36 Å². The van der Waals surface area contributed by atoms with Crippen molar-refractivity contribution in [2.24, 2.45) is 7.05 Å². The molecule has 4 rings (SSSR count). The number of alkyl halides is 2. The average molecular weight is 470 g/mol. The molecule has 1 N–H and O–H groups in total. The largest absolute Gasteiger partial charge is 0.472 e. The van der Waals surface area contributed by atoms with Gasteiger partial charge in [-0.1, -0.05) is 0 Å². The van der Waals surface area contributed by atoms with E-state index >= 15 is 0 Å². The van der Waals surface area contributed by atoms with Crippen molar-refractivity contribution in [2.45, 2.75) is 82.6 Å². The number of pyridine rings is 1. The van der Waals surface area contributed by atoms with E-state index in [2.05, 4.69) is 15.3 Å². The van der Waals surface area contributed by atoms with Crippen LogP contribution in [0.4, 0.5) is 13.2 Å². The molecule has 11 heteroatoms. The van der Waals surface area contributed by atoms with Crippen molar-refractivity contribution in [1.82, 2.24) is 19.9 Å². The molecule has 0 spiro atoms. The lowest BCUT2D eigenvalue weighted by Crippen LogP contribution is -2.43. The van der Waals surface area contributed by atoms with E-state index < -0.39 is 17.8 Å². The second-order valence-electron chi connectivity index (χ2n) is 9.03. The van der Waals surface area contributed by atoms with Crippen molar-refractivity contribution in [3.8, 4) is 11.9 Å². The maximum absolute atomic E-state index is 14.6. The first kappa shape index (κ1) is 23.6. The Labute approximate surface area is 189 Å². The van der Waals surface area contributed by atoms with Crippen LogP contribution in [0.2, 0.25) is 0 Å². The number of nitrogens with one attached hydrogen (secondary N) is 1. The number of rotatable bonds is 8. The Bertz CT molecular complexity index is 999. The van der Waals surface area contributed by atoms with Crippen molar-refractivity contribution < 1.29 is 32.2 Å². The first-order chi connectivity index (χ1) is 15.6. The normalized spacial score (nSPS) is 23.7. The molecule has 2 aromatic rings. The quantitative estimate of drug-likeness (QED) is 0.635. The monoisotopic (exact) mass is 470 g/mol. The maximum Gasteiger partial charge on any atom is 0.298 e. The fourth-order valence-corrected chi connectivity index (χ4v) is 4.22. The summed E-state index contributed by atoms with van der Waals surface area (Å²) >= 11 is 0. The number of carbonyl (C=O) groups is 1. The Balaban J connectivity index is 1.33. The molecule has 0 unspecified atom stereocenters. The van der Waals surface area contributed by atoms with E-state index in [0.717, 1.165) is 12.8 Å². The molecule has 0 aliphatic heterocycles. The van der Waals surface area contributed by atoms with E-state index in [9.17, 15) is 18.0 Å². The number of ether oxygens (including phenoxy) is 3. The lowest BCUT2D eigenvalue weighted by molar-refractivity contribution is -0.136. The van der Waals surface area contributed by atoms with Gasteiger partial charge in [-0.05, 0) is 32.6 Å². The van der Waals surface area contributed by atoms with Crippen LogP contribution in [0.1, 0.15) is 52.4 Å². The van der Waals surface area contributed by atoms with Crippen molar-refractivity contribution >= 4 is 17.1 Å². The van der Waals surface area contributed by atoms with E-state index in [4.69, 9.17) is 14.2 Å². The van der Waals surface area contributed by atoms with Crippen molar-refractivity contribution in [1.29, 1.82) is 0 Å². The van der Waals surface area contributed by atoms with Crippen LogP contribution in [0, 0.1) is 5.82 Å². The van der Waals surface area contributed by atoms with Crippen LogP contribution in [0.5, 0.6) is 11.9 Å². The number of aromatic nitrogens is 3. The van der Waals surface area contributed by atoms with Gasteiger partial charge in [0.1, 0.15) is 17.7 Å². The molecule has 0 radical (unpaired) electrons. The molecule has 0 bridgehead atoms. The third kappa shape index (κ3) is 5.69. The average Bonchev–Trinajstić information content (AvgIpc) is 3.00. The number of halogens is 3. The number of aryl methyl sites for hydroxylation is 1. The van der Waals surface area contributed by atoms with Crippen LogP contribution in [-0.2, 0) is 16.6 Å². The molecule has 1 atom stereocenters. The van der Waals surface area contributed by atoms with E-state index in [1.165, 1.54) is 17.6 Å². The molecule has 2 saturated carbocycles. The Kier molecular flexibility index (Phi) is 6.69. The molecule has 2 aromatic heterocycles. The predicted octanol–water partition coefficient (Wildman–Crippen LogP) is 3.52. The molecule has 2 aliphatic rings. The number of amides is 1. The first-order valence-corrected chi connectivity index (χ1v) is 11.2. The van der Waals surface area contributed by atoms with Crippen LogP contribution in [0.25, 0.3) is 11.2 Å². The van der Waals surface area contributed by atoms with Gasteiger partial charge in [0.25, 0.3) is 17.8 Å². The van der Waals surface area contributed by atoms with Crippen LogP contribution in [0.3, 0.4) is 0 Å². The summed E-state index contributed by atoms with van der Waals surface area (Å²) in [6.07, 6.45) is 1.44. The number of hydrogen-bond acceptors (Lipinski definition) is 6. The highest BCUT2D eigenvalue weighted by atomic mass is 19.3. The Morgan fingerprint density at radius 1 is 1.18 bits per heavy atom. The van der Waals surface area contributed by atoms with Gasteiger partial charge >= 0.3 is 0 Å². The Morgan fingerprint density at radius 2 is 1.85 bits per heavy atom. The molecule has 0 saturated heterocycles. The SMILES string of the molecule is CC(=O)N[C@@H](C)CO[C@H]1CC[C@H](Oc2nc3c(cc2F)nc(OC2CC(F)(F)C2)n3C)CC1. The minimum Gasteiger partial charge on any atom is -0.472 e. The van der Waals surface area contributed by atoms with E-state index in [0.29, 0.717) is 25.1 Å². The zero-order chi connectivity index (χ0) is 23.8. The topological polar surface area (TPSA) is 87.5 Å². The highest BCUT2D eigenvalue weighted by Gasteiger charge is 2.47. The minimum atomic E-state index is -2.70. The van der Waals surface area contributed by atoms with E-state index in [1.807, 2.05) is 6.92 Å². The van der Waals surface area contributed by atoms with Gasteiger partial charge in [-0.2, -0.15) is 9.97 Å². The van der Waals surface area contributed by atoms with E-state index in [1.54, 1.807) is 7.05 Å². The zero-order valence-corrected chi connectivity index (χ0v) is 18.9. The summed E-state index contributed by atoms with van der Waals surface area (Å²) < 4.78 is 59.5. The zero-order valence-electron chi connectivity index (χ0n) is 18.9. The molecule has 2 aliphatic carbocycles. The number of hydrogen-bond donors (Lipinski definition) is 1. The summed E-state index contributed by atoms with van der Waals surface area (Å²) in [6, 6.07) is 1.29. The van der Waals surface area contributed by atoms with Crippen LogP contribution in [-0.4, -0.2) is 57.3 Å². The van der Waals surface area contributed by atoms with Crippen LogP contribution >= 0.6 is 0 Å². The fourth-order valence-electron chi connectivity index (χ4n) is 4.22. The third-order valence-corrected chi connectivity index (χ3v) is 5.98. The van der Waals surface area contributed by atoms with Gasteiger partial charge < -0.3 is 19.5 Å². The number of nitrogens with zero attached hydrogens (tertiary/aromatic N) is 3. The molecule has 2 fully saturated rings. The summed E-state index contributed by atoms with van der Waals surface area (Å²) in [4.78, 5) is 19.5. The highest BCUT2D eigenvalue weighted by Crippen LogP contribution is 2.40. The third-order valence-electron chi connectivity index (χ3n) is 5.98. The van der Waals surface area contributed by atoms with Crippen molar-refractivity contribution in [3.05, 3.63) is 11.9 Å². The van der Waals surface area contributed by atoms with Gasteiger partial charge in [0.05, 0.1) is 12.7 Å². The molecule has 1 amide bonds. The Morgan fingerprint density at radius 3 is 2.48 bits per heavy atom. The van der Waals surface area contributed by atoms with Gasteiger partial charge in [0.2, 0.25) is 5.91 Å². The van der Waals surface area contributed by atoms with Gasteiger partial charge in [-0.15, -0.1) is 0 Å². The molecule has 8 nitrogen and oxygen atoms in total. The summed E-state index contributed by atoms with van der Waals surface area (Å²) in [5.74, 6) is -3.54. The van der Waals surface area contributed by atoms with Gasteiger partial charge in [-0.25, -0.2) is 13.2 Å². The second-order valence-corrected chi connectivity index (χ2v) is 9.03. The summed E-state index contributed by atoms with van der Waals surface area (Å²) in [5, 5.41) is 2.78. The highest BCUT2D eigenvalue weighted by molar-refractivity contribution is 5.73. The second kappa shape index (κ2) is 9.36. The number of carbonyl (C=O) groups excluding carboxylic acids is 1. The molecule has 2 heterocycles. The fraction of sp³-hybridized carbons (Fsp3) is 0.682. The lowest BCUT2D eigenvalue weighted by Gasteiger charge is -2.34. The number of fused-ring (bicyclic) bond motifs is 1. The summed E-state index contributed by atoms with van der Waals surface area (Å²) in [6.45, 7) is 3.79. The molecular weight excluding hydrogens is 441 g/mol. The molecule has 182 valence electrons. The standard InChI is InChI=1S/C22H29F3N4O4/c1-12(26-13(2)30)11-31-14-4-6-15(7-5-14)32-20-17(23)8-18-19(28-20)29(3)21(27-18)33-16-9-22(24,25)10-16/h8,12,14-16H,4-7,9-11H2,1-3H3,(H,26,30)/t12-,14-,15-/m0/s1. The number of imidazole rings is 1. The van der Waals surface area contributed by atoms with Crippen LogP contribution in [0.15, 0.2) is 6.07 Å².